The molecular formula is C16H15ClFIN6O. The minimum atomic E-state index is -0.396. The molecule has 0 radical (unpaired) electrons. The Kier molecular flexibility index (Phi) is 5.87. The number of nitrogens with one attached hydrogen (secondary N) is 1. The molecule has 10 heteroatoms. The van der Waals surface area contributed by atoms with Crippen molar-refractivity contribution in [3.63, 3.8) is 0 Å². The molecule has 3 rings (SSSR count). The molecule has 1 aromatic carbocycles. The van der Waals surface area contributed by atoms with Gasteiger partial charge in [0.05, 0.1) is 15.8 Å². The third-order valence-electron chi connectivity index (χ3n) is 3.59. The normalized spacial score (nSPS) is 10.9. The molecule has 0 spiro atoms. The minimum Gasteiger partial charge on any atom is -0.293 e. The number of aromatic nitrogens is 5. The largest absolute Gasteiger partial charge is 0.293 e. The van der Waals surface area contributed by atoms with E-state index in [-0.39, 0.29) is 18.3 Å². The van der Waals surface area contributed by atoms with Crippen molar-refractivity contribution in [3.8, 4) is 0 Å². The third-order valence-corrected chi connectivity index (χ3v) is 5.00. The standard InChI is InChI=1S/C16H15ClFIN6O/c1-10-14(19)8-24(22-10)5-4-15(26)21-16-20-9-25(23-16)7-11-2-3-12(18)6-13(11)17/h2-3,6,8-9H,4-5,7H2,1H3,(H,21,23,26). The summed E-state index contributed by atoms with van der Waals surface area (Å²) >= 11 is 8.20. The van der Waals surface area contributed by atoms with Crippen molar-refractivity contribution in [1.29, 1.82) is 0 Å². The zero-order chi connectivity index (χ0) is 18.7. The topological polar surface area (TPSA) is 77.6 Å². The Hall–Kier alpha value is -2.01. The molecule has 0 unspecified atom stereocenters. The Morgan fingerprint density at radius 3 is 2.85 bits per heavy atom. The van der Waals surface area contributed by atoms with Gasteiger partial charge < -0.3 is 0 Å². The van der Waals surface area contributed by atoms with Gasteiger partial charge >= 0.3 is 0 Å². The molecule has 0 atom stereocenters. The Morgan fingerprint density at radius 1 is 1.35 bits per heavy atom. The van der Waals surface area contributed by atoms with Crippen molar-refractivity contribution < 1.29 is 9.18 Å². The lowest BCUT2D eigenvalue weighted by atomic mass is 10.2. The number of carbonyl (C=O) groups is 1. The van der Waals surface area contributed by atoms with E-state index in [1.807, 2.05) is 13.1 Å². The molecule has 0 aliphatic heterocycles. The first-order chi connectivity index (χ1) is 12.4. The number of anilines is 1. The fraction of sp³-hybridized carbons (Fsp3) is 0.250. The van der Waals surface area contributed by atoms with Gasteiger partial charge in [0.15, 0.2) is 0 Å². The van der Waals surface area contributed by atoms with Crippen LogP contribution in [0.5, 0.6) is 0 Å². The van der Waals surface area contributed by atoms with Gasteiger partial charge in [0, 0.05) is 24.2 Å². The van der Waals surface area contributed by atoms with Gasteiger partial charge in [0.1, 0.15) is 12.1 Å². The van der Waals surface area contributed by atoms with Crippen molar-refractivity contribution in [2.24, 2.45) is 0 Å². The van der Waals surface area contributed by atoms with Crippen molar-refractivity contribution in [2.45, 2.75) is 26.4 Å². The van der Waals surface area contributed by atoms with Crippen LogP contribution in [-0.4, -0.2) is 30.5 Å². The van der Waals surface area contributed by atoms with Crippen molar-refractivity contribution >= 4 is 46.0 Å². The average Bonchev–Trinajstić information content (AvgIpc) is 3.15. The molecule has 0 aliphatic carbocycles. The molecule has 1 N–H and O–H groups in total. The van der Waals surface area contributed by atoms with Crippen LogP contribution in [-0.2, 0) is 17.9 Å². The second-order valence-electron chi connectivity index (χ2n) is 5.63. The van der Waals surface area contributed by atoms with Crippen LogP contribution in [0.25, 0.3) is 0 Å². The van der Waals surface area contributed by atoms with Crippen LogP contribution in [0.15, 0.2) is 30.7 Å². The van der Waals surface area contributed by atoms with Gasteiger partial charge in [-0.15, -0.1) is 5.10 Å². The molecule has 136 valence electrons. The molecular weight excluding hydrogens is 474 g/mol. The van der Waals surface area contributed by atoms with Crippen molar-refractivity contribution in [2.75, 3.05) is 5.32 Å². The van der Waals surface area contributed by atoms with E-state index in [0.717, 1.165) is 9.26 Å². The maximum absolute atomic E-state index is 13.1. The monoisotopic (exact) mass is 488 g/mol. The number of rotatable bonds is 6. The van der Waals surface area contributed by atoms with Gasteiger partial charge in [0.25, 0.3) is 0 Å². The first-order valence-corrected chi connectivity index (χ1v) is 9.19. The highest BCUT2D eigenvalue weighted by atomic mass is 127. The summed E-state index contributed by atoms with van der Waals surface area (Å²) in [6.45, 7) is 2.72. The number of aryl methyl sites for hydroxylation is 2. The summed E-state index contributed by atoms with van der Waals surface area (Å²) < 4.78 is 17.4. The Bertz CT molecular complexity index is 921. The van der Waals surface area contributed by atoms with E-state index in [1.54, 1.807) is 10.7 Å². The molecule has 7 nitrogen and oxygen atoms in total. The molecule has 26 heavy (non-hydrogen) atoms. The lowest BCUT2D eigenvalue weighted by molar-refractivity contribution is -0.116. The van der Waals surface area contributed by atoms with E-state index in [9.17, 15) is 9.18 Å². The molecule has 2 heterocycles. The summed E-state index contributed by atoms with van der Waals surface area (Å²) in [5.74, 6) is -0.391. The number of carbonyl (C=O) groups excluding carboxylic acids is 1. The van der Waals surface area contributed by atoms with Crippen LogP contribution in [0.3, 0.4) is 0 Å². The van der Waals surface area contributed by atoms with Crippen LogP contribution in [0.1, 0.15) is 17.7 Å². The Morgan fingerprint density at radius 2 is 2.15 bits per heavy atom. The first-order valence-electron chi connectivity index (χ1n) is 7.73. The zero-order valence-corrected chi connectivity index (χ0v) is 16.7. The van der Waals surface area contributed by atoms with Gasteiger partial charge in [0.2, 0.25) is 11.9 Å². The SMILES string of the molecule is Cc1nn(CCC(=O)Nc2ncn(Cc3ccc(F)cc3Cl)n2)cc1I. The van der Waals surface area contributed by atoms with E-state index >= 15 is 0 Å². The maximum Gasteiger partial charge on any atom is 0.248 e. The summed E-state index contributed by atoms with van der Waals surface area (Å²) in [6.07, 6.45) is 3.63. The van der Waals surface area contributed by atoms with Crippen LogP contribution in [0, 0.1) is 16.3 Å². The maximum atomic E-state index is 13.1. The van der Waals surface area contributed by atoms with Gasteiger partial charge in [-0.2, -0.15) is 5.10 Å². The number of halogens is 3. The minimum absolute atomic E-state index is 0.203. The summed E-state index contributed by atoms with van der Waals surface area (Å²) in [5.41, 5.74) is 1.64. The molecule has 1 amide bonds. The summed E-state index contributed by atoms with van der Waals surface area (Å²) in [6, 6.07) is 4.17. The molecule has 0 saturated heterocycles. The van der Waals surface area contributed by atoms with E-state index < -0.39 is 5.82 Å². The number of hydrogen-bond donors (Lipinski definition) is 1. The molecule has 0 aliphatic rings. The second kappa shape index (κ2) is 8.12. The number of amides is 1. The van der Waals surface area contributed by atoms with Crippen LogP contribution >= 0.6 is 34.2 Å². The summed E-state index contributed by atoms with van der Waals surface area (Å²) in [4.78, 5) is 16.1. The van der Waals surface area contributed by atoms with E-state index in [0.29, 0.717) is 23.7 Å². The molecule has 0 saturated carbocycles. The Labute approximate surface area is 167 Å². The van der Waals surface area contributed by atoms with Crippen molar-refractivity contribution in [3.05, 3.63) is 56.4 Å². The quantitative estimate of drug-likeness (QED) is 0.541. The van der Waals surface area contributed by atoms with Gasteiger partial charge in [-0.1, -0.05) is 17.7 Å². The fourth-order valence-corrected chi connectivity index (χ4v) is 2.92. The summed E-state index contributed by atoms with van der Waals surface area (Å²) in [7, 11) is 0. The van der Waals surface area contributed by atoms with E-state index in [2.05, 4.69) is 43.1 Å². The molecule has 3 aromatic rings. The molecule has 2 aromatic heterocycles. The van der Waals surface area contributed by atoms with Crippen LogP contribution in [0.2, 0.25) is 5.02 Å². The van der Waals surface area contributed by atoms with Crippen molar-refractivity contribution in [1.82, 2.24) is 24.5 Å². The third kappa shape index (κ3) is 4.79. The van der Waals surface area contributed by atoms with Gasteiger partial charge in [-0.25, -0.2) is 14.1 Å². The zero-order valence-electron chi connectivity index (χ0n) is 13.8. The molecule has 0 bridgehead atoms. The predicted molar refractivity (Wildman–Crippen MR) is 103 cm³/mol. The summed E-state index contributed by atoms with van der Waals surface area (Å²) in [5, 5.41) is 11.4. The highest BCUT2D eigenvalue weighted by Crippen LogP contribution is 2.18. The lowest BCUT2D eigenvalue weighted by Gasteiger charge is -2.04. The predicted octanol–water partition coefficient (Wildman–Crippen LogP) is 3.26. The number of hydrogen-bond acceptors (Lipinski definition) is 4. The lowest BCUT2D eigenvalue weighted by Crippen LogP contribution is -2.16. The highest BCUT2D eigenvalue weighted by molar-refractivity contribution is 14.1. The van der Waals surface area contributed by atoms with Gasteiger partial charge in [-0.3, -0.25) is 14.8 Å². The fourth-order valence-electron chi connectivity index (χ4n) is 2.26. The van der Waals surface area contributed by atoms with Crippen LogP contribution in [0.4, 0.5) is 10.3 Å². The first kappa shape index (κ1) is 18.8. The van der Waals surface area contributed by atoms with Gasteiger partial charge in [-0.05, 0) is 47.2 Å². The average molecular weight is 489 g/mol. The highest BCUT2D eigenvalue weighted by Gasteiger charge is 2.10. The van der Waals surface area contributed by atoms with Crippen LogP contribution < -0.4 is 5.32 Å². The van der Waals surface area contributed by atoms with E-state index in [4.69, 9.17) is 11.6 Å². The smallest absolute Gasteiger partial charge is 0.248 e. The van der Waals surface area contributed by atoms with E-state index in [1.165, 1.54) is 23.1 Å². The second-order valence-corrected chi connectivity index (χ2v) is 7.19. The molecule has 0 fully saturated rings. The number of benzene rings is 1. The number of nitrogens with zero attached hydrogens (tertiary/aromatic N) is 5. The Balaban J connectivity index is 1.55.